The zero-order chi connectivity index (χ0) is 23.4. The Morgan fingerprint density at radius 3 is 2.36 bits per heavy atom. The zero-order valence-corrected chi connectivity index (χ0v) is 19.4. The molecule has 1 saturated heterocycles. The average molecular weight is 451 g/mol. The van der Waals surface area contributed by atoms with Crippen molar-refractivity contribution in [1.29, 1.82) is 0 Å². The highest BCUT2D eigenvalue weighted by atomic mass is 16.5. The Bertz CT molecular complexity index is 1050. The third-order valence-electron chi connectivity index (χ3n) is 6.14. The lowest BCUT2D eigenvalue weighted by molar-refractivity contribution is -0.138. The predicted molar refractivity (Wildman–Crippen MR) is 125 cm³/mol. The molecule has 0 spiro atoms. The Balaban J connectivity index is 1.58. The molecular weight excluding hydrogens is 420 g/mol. The molecule has 0 aliphatic carbocycles. The minimum atomic E-state index is -0.309. The monoisotopic (exact) mass is 450 g/mol. The van der Waals surface area contributed by atoms with E-state index in [4.69, 9.17) is 14.2 Å². The average Bonchev–Trinajstić information content (AvgIpc) is 3.09. The minimum Gasteiger partial charge on any atom is -0.497 e. The van der Waals surface area contributed by atoms with Crippen molar-refractivity contribution in [3.05, 3.63) is 59.8 Å². The van der Waals surface area contributed by atoms with Gasteiger partial charge in [-0.2, -0.15) is 0 Å². The molecule has 0 N–H and O–H groups in total. The fraction of sp³-hybridized carbons (Fsp3) is 0.385. The first-order valence-corrected chi connectivity index (χ1v) is 11.3. The van der Waals surface area contributed by atoms with E-state index in [-0.39, 0.29) is 25.0 Å². The third-order valence-corrected chi connectivity index (χ3v) is 6.14. The molecule has 7 nitrogen and oxygen atoms in total. The van der Waals surface area contributed by atoms with Crippen molar-refractivity contribution in [1.82, 2.24) is 9.80 Å². The first-order valence-electron chi connectivity index (χ1n) is 11.3. The highest BCUT2D eigenvalue weighted by Gasteiger charge is 2.42. The van der Waals surface area contributed by atoms with E-state index < -0.39 is 0 Å². The lowest BCUT2D eigenvalue weighted by atomic mass is 9.97. The second-order valence-electron chi connectivity index (χ2n) is 8.40. The van der Waals surface area contributed by atoms with Crippen LogP contribution in [0, 0.1) is 5.92 Å². The fourth-order valence-electron chi connectivity index (χ4n) is 4.47. The number of amides is 2. The molecule has 33 heavy (non-hydrogen) atoms. The molecule has 1 fully saturated rings. The molecule has 2 amide bonds. The summed E-state index contributed by atoms with van der Waals surface area (Å²) in [6, 6.07) is 14.6. The summed E-state index contributed by atoms with van der Waals surface area (Å²) in [5, 5.41) is 0. The van der Waals surface area contributed by atoms with Crippen LogP contribution in [-0.4, -0.2) is 62.1 Å². The van der Waals surface area contributed by atoms with Crippen molar-refractivity contribution in [2.75, 3.05) is 40.5 Å². The van der Waals surface area contributed by atoms with E-state index in [1.807, 2.05) is 24.3 Å². The summed E-state index contributed by atoms with van der Waals surface area (Å²) in [7, 11) is 3.18. The lowest BCUT2D eigenvalue weighted by Crippen LogP contribution is -2.40. The van der Waals surface area contributed by atoms with Crippen LogP contribution in [0.15, 0.2) is 54.2 Å². The van der Waals surface area contributed by atoms with E-state index in [0.717, 1.165) is 31.7 Å². The number of methoxy groups -OCH3 is 2. The van der Waals surface area contributed by atoms with Crippen LogP contribution in [0.25, 0.3) is 5.57 Å². The molecule has 2 aliphatic heterocycles. The fourth-order valence-corrected chi connectivity index (χ4v) is 4.47. The first-order chi connectivity index (χ1) is 16.0. The van der Waals surface area contributed by atoms with Gasteiger partial charge in [0.25, 0.3) is 11.8 Å². The number of carbonyl (C=O) groups excluding carboxylic acids is 2. The number of para-hydroxylation sites is 1. The normalized spacial score (nSPS) is 18.7. The second kappa shape index (κ2) is 9.98. The maximum atomic E-state index is 13.5. The Hall–Kier alpha value is -3.48. The highest BCUT2D eigenvalue weighted by molar-refractivity contribution is 6.36. The van der Waals surface area contributed by atoms with Gasteiger partial charge in [-0.15, -0.1) is 0 Å². The standard InChI is InChI=1S/C26H30N2O5/c1-18-7-6-14-27(17-18)24-23(21-8-4-5-9-22(21)32-3)25(29)28(26(24)30)15-16-33-20-12-10-19(31-2)11-13-20/h4-5,8-13,18H,6-7,14-17H2,1-3H3. The molecule has 2 aromatic rings. The summed E-state index contributed by atoms with van der Waals surface area (Å²) in [6.45, 7) is 4.05. The number of rotatable bonds is 8. The van der Waals surface area contributed by atoms with Crippen LogP contribution >= 0.6 is 0 Å². The number of nitrogens with zero attached hydrogens (tertiary/aromatic N) is 2. The van der Waals surface area contributed by atoms with Crippen molar-refractivity contribution in [3.8, 4) is 17.2 Å². The number of likely N-dealkylation sites (tertiary alicyclic amines) is 1. The lowest BCUT2D eigenvalue weighted by Gasteiger charge is -2.33. The van der Waals surface area contributed by atoms with Crippen molar-refractivity contribution in [2.24, 2.45) is 5.92 Å². The van der Waals surface area contributed by atoms with Gasteiger partial charge in [0.1, 0.15) is 29.6 Å². The topological polar surface area (TPSA) is 68.3 Å². The highest BCUT2D eigenvalue weighted by Crippen LogP contribution is 2.37. The minimum absolute atomic E-state index is 0.162. The molecule has 0 radical (unpaired) electrons. The summed E-state index contributed by atoms with van der Waals surface area (Å²) in [6.07, 6.45) is 2.11. The van der Waals surface area contributed by atoms with Crippen LogP contribution in [0.1, 0.15) is 25.3 Å². The Kier molecular flexibility index (Phi) is 6.87. The van der Waals surface area contributed by atoms with Gasteiger partial charge < -0.3 is 19.1 Å². The molecule has 2 aromatic carbocycles. The number of imide groups is 1. The summed E-state index contributed by atoms with van der Waals surface area (Å²) in [5.74, 6) is 1.84. The third kappa shape index (κ3) is 4.67. The van der Waals surface area contributed by atoms with Crippen LogP contribution in [-0.2, 0) is 9.59 Å². The smallest absolute Gasteiger partial charge is 0.277 e. The van der Waals surface area contributed by atoms with Crippen LogP contribution < -0.4 is 14.2 Å². The molecule has 2 aliphatic rings. The molecule has 1 atom stereocenters. The largest absolute Gasteiger partial charge is 0.497 e. The number of carbonyl (C=O) groups is 2. The molecule has 0 aromatic heterocycles. The van der Waals surface area contributed by atoms with Crippen molar-refractivity contribution < 1.29 is 23.8 Å². The molecule has 174 valence electrons. The van der Waals surface area contributed by atoms with Crippen LogP contribution in [0.4, 0.5) is 0 Å². The van der Waals surface area contributed by atoms with E-state index in [0.29, 0.717) is 34.3 Å². The molecule has 0 saturated carbocycles. The van der Waals surface area contributed by atoms with Gasteiger partial charge >= 0.3 is 0 Å². The van der Waals surface area contributed by atoms with Crippen LogP contribution in [0.5, 0.6) is 17.2 Å². The van der Waals surface area contributed by atoms with E-state index in [1.165, 1.54) is 4.90 Å². The van der Waals surface area contributed by atoms with Gasteiger partial charge in [-0.1, -0.05) is 25.1 Å². The van der Waals surface area contributed by atoms with Crippen molar-refractivity contribution >= 4 is 17.4 Å². The van der Waals surface area contributed by atoms with E-state index in [2.05, 4.69) is 11.8 Å². The summed E-state index contributed by atoms with van der Waals surface area (Å²) in [4.78, 5) is 30.4. The second-order valence-corrected chi connectivity index (χ2v) is 8.40. The van der Waals surface area contributed by atoms with Gasteiger partial charge in [-0.3, -0.25) is 14.5 Å². The predicted octanol–water partition coefficient (Wildman–Crippen LogP) is 3.59. The van der Waals surface area contributed by atoms with E-state index >= 15 is 0 Å². The van der Waals surface area contributed by atoms with Crippen LogP contribution in [0.2, 0.25) is 0 Å². The maximum Gasteiger partial charge on any atom is 0.277 e. The number of piperidine rings is 1. The molecule has 1 unspecified atom stereocenters. The van der Waals surface area contributed by atoms with Crippen molar-refractivity contribution in [2.45, 2.75) is 19.8 Å². The number of hydrogen-bond donors (Lipinski definition) is 0. The van der Waals surface area contributed by atoms with Gasteiger partial charge in [-0.25, -0.2) is 0 Å². The van der Waals surface area contributed by atoms with Gasteiger partial charge in [0.15, 0.2) is 0 Å². The van der Waals surface area contributed by atoms with E-state index in [9.17, 15) is 9.59 Å². The Labute approximate surface area is 194 Å². The Morgan fingerprint density at radius 2 is 1.67 bits per heavy atom. The van der Waals surface area contributed by atoms with Gasteiger partial charge in [0.05, 0.1) is 26.3 Å². The molecular formula is C26H30N2O5. The zero-order valence-electron chi connectivity index (χ0n) is 19.4. The number of ether oxygens (including phenoxy) is 3. The van der Waals surface area contributed by atoms with Crippen molar-refractivity contribution in [3.63, 3.8) is 0 Å². The van der Waals surface area contributed by atoms with Crippen LogP contribution in [0.3, 0.4) is 0 Å². The molecule has 7 heteroatoms. The quantitative estimate of drug-likeness (QED) is 0.573. The maximum absolute atomic E-state index is 13.5. The number of benzene rings is 2. The summed E-state index contributed by atoms with van der Waals surface area (Å²) < 4.78 is 16.5. The molecule has 2 heterocycles. The van der Waals surface area contributed by atoms with Gasteiger partial charge in [0.2, 0.25) is 0 Å². The van der Waals surface area contributed by atoms with Gasteiger partial charge in [-0.05, 0) is 49.1 Å². The summed E-state index contributed by atoms with van der Waals surface area (Å²) in [5.41, 5.74) is 1.53. The Morgan fingerprint density at radius 1 is 0.939 bits per heavy atom. The number of hydrogen-bond acceptors (Lipinski definition) is 6. The van der Waals surface area contributed by atoms with E-state index in [1.54, 1.807) is 38.5 Å². The molecule has 0 bridgehead atoms. The first kappa shape index (κ1) is 22.7. The SMILES string of the molecule is COc1ccc(OCCN2C(=O)C(c3ccccc3OC)=C(N3CCCC(C)C3)C2=O)cc1. The molecule has 4 rings (SSSR count). The van der Waals surface area contributed by atoms with Gasteiger partial charge in [0, 0.05) is 18.7 Å². The summed E-state index contributed by atoms with van der Waals surface area (Å²) >= 11 is 0.